The van der Waals surface area contributed by atoms with Gasteiger partial charge in [-0.3, -0.25) is 4.79 Å². The Morgan fingerprint density at radius 1 is 1.35 bits per heavy atom. The molecule has 0 spiro atoms. The maximum absolute atomic E-state index is 13.2. The molecule has 2 aromatic rings. The number of thiazole rings is 1. The zero-order valence-electron chi connectivity index (χ0n) is 9.66. The Kier molecular flexibility index (Phi) is 3.62. The number of anilines is 2. The van der Waals surface area contributed by atoms with Gasteiger partial charge < -0.3 is 11.1 Å². The summed E-state index contributed by atoms with van der Waals surface area (Å²) in [5, 5.41) is 2.04. The van der Waals surface area contributed by atoms with Gasteiger partial charge in [0.25, 0.3) is 5.91 Å². The molecule has 0 atom stereocenters. The number of rotatable bonds is 2. The average Bonchev–Trinajstić information content (AvgIpc) is 2.84. The van der Waals surface area contributed by atoms with Crippen molar-refractivity contribution in [3.8, 4) is 0 Å². The maximum atomic E-state index is 13.2. The summed E-state index contributed by atoms with van der Waals surface area (Å²) in [6.07, 6.45) is -4.61. The van der Waals surface area contributed by atoms with E-state index in [-0.39, 0.29) is 11.4 Å². The average molecular weight is 305 g/mol. The first-order valence-corrected chi connectivity index (χ1v) is 6.05. The number of nitrogens with two attached hydrogens (primary N) is 1. The number of nitrogens with zero attached hydrogens (tertiary/aromatic N) is 1. The number of aromatic nitrogens is 1. The predicted molar refractivity (Wildman–Crippen MR) is 65.9 cm³/mol. The Hall–Kier alpha value is -2.16. The van der Waals surface area contributed by atoms with Crippen LogP contribution in [0.3, 0.4) is 0 Å². The number of amides is 1. The first-order chi connectivity index (χ1) is 9.29. The fourth-order valence-electron chi connectivity index (χ4n) is 1.34. The van der Waals surface area contributed by atoms with Crippen LogP contribution in [0.1, 0.15) is 15.5 Å². The summed E-state index contributed by atoms with van der Waals surface area (Å²) in [5.74, 6) is -1.63. The molecule has 0 aliphatic carbocycles. The molecule has 0 aliphatic heterocycles. The van der Waals surface area contributed by atoms with Crippen LogP contribution in [-0.4, -0.2) is 10.9 Å². The van der Waals surface area contributed by atoms with Crippen molar-refractivity contribution in [1.82, 2.24) is 4.98 Å². The molecule has 1 amide bonds. The number of hydrogen-bond donors (Lipinski definition) is 2. The van der Waals surface area contributed by atoms with Gasteiger partial charge in [0.05, 0.1) is 11.4 Å². The third-order valence-electron chi connectivity index (χ3n) is 2.28. The van der Waals surface area contributed by atoms with Crippen molar-refractivity contribution >= 4 is 28.6 Å². The lowest BCUT2D eigenvalue weighted by atomic mass is 10.2. The molecule has 0 bridgehead atoms. The Morgan fingerprint density at radius 3 is 2.65 bits per heavy atom. The second-order valence-electron chi connectivity index (χ2n) is 3.69. The molecule has 0 fully saturated rings. The van der Waals surface area contributed by atoms with E-state index in [0.29, 0.717) is 11.3 Å². The number of nitrogens with one attached hydrogen (secondary N) is 1. The van der Waals surface area contributed by atoms with Crippen LogP contribution >= 0.6 is 11.3 Å². The van der Waals surface area contributed by atoms with E-state index in [0.717, 1.165) is 11.4 Å². The van der Waals surface area contributed by atoms with Crippen molar-refractivity contribution in [1.29, 1.82) is 0 Å². The minimum atomic E-state index is -4.61. The van der Waals surface area contributed by atoms with E-state index in [4.69, 9.17) is 5.73 Å². The summed E-state index contributed by atoms with van der Waals surface area (Å²) < 4.78 is 50.2. The number of alkyl halides is 3. The highest BCUT2D eigenvalue weighted by Gasteiger charge is 2.35. The molecule has 4 nitrogen and oxygen atoms in total. The summed E-state index contributed by atoms with van der Waals surface area (Å²) in [4.78, 5) is 14.9. The van der Waals surface area contributed by atoms with E-state index in [2.05, 4.69) is 10.3 Å². The molecule has 1 aromatic carbocycles. The van der Waals surface area contributed by atoms with Crippen molar-refractivity contribution < 1.29 is 22.4 Å². The fraction of sp³-hybridized carbons (Fsp3) is 0.0909. The smallest absolute Gasteiger partial charge is 0.395 e. The summed E-state index contributed by atoms with van der Waals surface area (Å²) in [6, 6.07) is 3.73. The number of halogens is 4. The quantitative estimate of drug-likeness (QED) is 0.661. The van der Waals surface area contributed by atoms with E-state index in [1.165, 1.54) is 12.1 Å². The van der Waals surface area contributed by atoms with Gasteiger partial charge in [-0.2, -0.15) is 13.2 Å². The lowest BCUT2D eigenvalue weighted by molar-refractivity contribution is -0.137. The minimum Gasteiger partial charge on any atom is -0.395 e. The zero-order valence-corrected chi connectivity index (χ0v) is 10.5. The van der Waals surface area contributed by atoms with Crippen LogP contribution in [0.2, 0.25) is 0 Å². The van der Waals surface area contributed by atoms with Crippen molar-refractivity contribution in [2.45, 2.75) is 6.18 Å². The van der Waals surface area contributed by atoms with E-state index < -0.39 is 28.6 Å². The highest BCUT2D eigenvalue weighted by Crippen LogP contribution is 2.32. The maximum Gasteiger partial charge on any atom is 0.443 e. The highest BCUT2D eigenvalue weighted by molar-refractivity contribution is 7.10. The molecule has 9 heteroatoms. The second kappa shape index (κ2) is 5.08. The van der Waals surface area contributed by atoms with Gasteiger partial charge in [0.1, 0.15) is 11.5 Å². The van der Waals surface area contributed by atoms with Crippen molar-refractivity contribution in [2.24, 2.45) is 0 Å². The molecule has 0 saturated heterocycles. The molecule has 3 N–H and O–H groups in total. The summed E-state index contributed by atoms with van der Waals surface area (Å²) >= 11 is 0.300. The van der Waals surface area contributed by atoms with Crippen LogP contribution in [-0.2, 0) is 6.18 Å². The van der Waals surface area contributed by atoms with Gasteiger partial charge in [0, 0.05) is 5.38 Å². The van der Waals surface area contributed by atoms with Crippen LogP contribution in [0.15, 0.2) is 23.6 Å². The largest absolute Gasteiger partial charge is 0.443 e. The molecule has 106 valence electrons. The molecule has 0 aliphatic rings. The third-order valence-corrected chi connectivity index (χ3v) is 3.17. The van der Waals surface area contributed by atoms with E-state index in [1.807, 2.05) is 0 Å². The van der Waals surface area contributed by atoms with Gasteiger partial charge in [-0.05, 0) is 12.1 Å². The monoisotopic (exact) mass is 305 g/mol. The van der Waals surface area contributed by atoms with Gasteiger partial charge in [-0.1, -0.05) is 6.07 Å². The molecule has 0 radical (unpaired) electrons. The topological polar surface area (TPSA) is 68.0 Å². The van der Waals surface area contributed by atoms with Gasteiger partial charge in [-0.15, -0.1) is 11.3 Å². The minimum absolute atomic E-state index is 0.0310. The molecule has 1 heterocycles. The second-order valence-corrected chi connectivity index (χ2v) is 4.55. The number of benzene rings is 1. The predicted octanol–water partition coefficient (Wildman–Crippen LogP) is 3.14. The van der Waals surface area contributed by atoms with Gasteiger partial charge in [-0.25, -0.2) is 9.37 Å². The van der Waals surface area contributed by atoms with Crippen LogP contribution in [0.5, 0.6) is 0 Å². The fourth-order valence-corrected chi connectivity index (χ4v) is 2.01. The molecular formula is C11H7F4N3OS. The number of carbonyl (C=O) groups is 1. The van der Waals surface area contributed by atoms with E-state index in [9.17, 15) is 22.4 Å². The van der Waals surface area contributed by atoms with E-state index >= 15 is 0 Å². The zero-order chi connectivity index (χ0) is 14.9. The first-order valence-electron chi connectivity index (χ1n) is 5.17. The normalized spacial score (nSPS) is 11.4. The van der Waals surface area contributed by atoms with Crippen molar-refractivity contribution in [3.05, 3.63) is 40.1 Å². The van der Waals surface area contributed by atoms with Gasteiger partial charge in [0.15, 0.2) is 5.01 Å². The lowest BCUT2D eigenvalue weighted by Gasteiger charge is -2.07. The van der Waals surface area contributed by atoms with E-state index in [1.54, 1.807) is 0 Å². The summed E-state index contributed by atoms with van der Waals surface area (Å²) in [6.45, 7) is 0. The highest BCUT2D eigenvalue weighted by atomic mass is 32.1. The number of para-hydroxylation sites is 1. The third kappa shape index (κ3) is 2.87. The Bertz CT molecular complexity index is 653. The SMILES string of the molecule is Nc1c(F)cccc1NC(=O)c1csc(C(F)(F)F)n1. The molecule has 2 rings (SSSR count). The Balaban J connectivity index is 2.20. The van der Waals surface area contributed by atoms with Gasteiger partial charge in [0.2, 0.25) is 0 Å². The first kappa shape index (κ1) is 14.3. The van der Waals surface area contributed by atoms with Crippen molar-refractivity contribution in [2.75, 3.05) is 11.1 Å². The molecule has 1 aromatic heterocycles. The summed E-state index contributed by atoms with van der Waals surface area (Å²) in [5.41, 5.74) is 4.65. The van der Waals surface area contributed by atoms with Crippen LogP contribution in [0.4, 0.5) is 28.9 Å². The lowest BCUT2D eigenvalue weighted by Crippen LogP contribution is -2.15. The molecule has 0 unspecified atom stereocenters. The molecular weight excluding hydrogens is 298 g/mol. The van der Waals surface area contributed by atoms with Crippen LogP contribution in [0.25, 0.3) is 0 Å². The van der Waals surface area contributed by atoms with Crippen LogP contribution < -0.4 is 11.1 Å². The summed E-state index contributed by atoms with van der Waals surface area (Å²) in [7, 11) is 0. The number of carbonyl (C=O) groups excluding carboxylic acids is 1. The standard InChI is InChI=1S/C11H7F4N3OS/c12-5-2-1-3-6(8(5)16)17-9(19)7-4-20-10(18-7)11(13,14)15/h1-4H,16H2,(H,17,19). The van der Waals surface area contributed by atoms with Gasteiger partial charge >= 0.3 is 6.18 Å². The van der Waals surface area contributed by atoms with Crippen molar-refractivity contribution in [3.63, 3.8) is 0 Å². The Labute approximate surface area is 114 Å². The Morgan fingerprint density at radius 2 is 2.05 bits per heavy atom. The van der Waals surface area contributed by atoms with Crippen LogP contribution in [0, 0.1) is 5.82 Å². The molecule has 20 heavy (non-hydrogen) atoms. The number of hydrogen-bond acceptors (Lipinski definition) is 4. The number of nitrogen functional groups attached to an aromatic ring is 1. The molecule has 0 saturated carbocycles.